The van der Waals surface area contributed by atoms with Gasteiger partial charge in [0, 0.05) is 18.3 Å². The zero-order valence-corrected chi connectivity index (χ0v) is 10.6. The SMILES string of the molecule is Cc1cc(C)cc(NCC2CCCN2C)c1. The summed E-state index contributed by atoms with van der Waals surface area (Å²) in [7, 11) is 2.22. The van der Waals surface area contributed by atoms with E-state index in [-0.39, 0.29) is 0 Å². The summed E-state index contributed by atoms with van der Waals surface area (Å²) in [5.41, 5.74) is 3.93. The van der Waals surface area contributed by atoms with E-state index in [2.05, 4.69) is 49.3 Å². The van der Waals surface area contributed by atoms with Crippen molar-refractivity contribution in [2.24, 2.45) is 0 Å². The number of anilines is 1. The van der Waals surface area contributed by atoms with Gasteiger partial charge in [-0.3, -0.25) is 0 Å². The Morgan fingerprint density at radius 2 is 1.94 bits per heavy atom. The van der Waals surface area contributed by atoms with Crippen LogP contribution in [0, 0.1) is 13.8 Å². The second-order valence-electron chi connectivity index (χ2n) is 5.03. The molecule has 1 heterocycles. The lowest BCUT2D eigenvalue weighted by molar-refractivity contribution is 0.322. The van der Waals surface area contributed by atoms with Crippen molar-refractivity contribution in [3.63, 3.8) is 0 Å². The van der Waals surface area contributed by atoms with E-state index in [9.17, 15) is 0 Å². The van der Waals surface area contributed by atoms with Crippen LogP contribution in [0.5, 0.6) is 0 Å². The zero-order valence-electron chi connectivity index (χ0n) is 10.6. The van der Waals surface area contributed by atoms with Crippen molar-refractivity contribution in [2.75, 3.05) is 25.5 Å². The molecule has 16 heavy (non-hydrogen) atoms. The molecule has 1 N–H and O–H groups in total. The second-order valence-corrected chi connectivity index (χ2v) is 5.03. The van der Waals surface area contributed by atoms with Gasteiger partial charge in [-0.2, -0.15) is 0 Å². The molecule has 0 amide bonds. The third-order valence-corrected chi connectivity index (χ3v) is 3.44. The maximum absolute atomic E-state index is 3.56. The highest BCUT2D eigenvalue weighted by molar-refractivity contribution is 5.48. The van der Waals surface area contributed by atoms with Crippen molar-refractivity contribution in [3.05, 3.63) is 29.3 Å². The summed E-state index contributed by atoms with van der Waals surface area (Å²) in [6.07, 6.45) is 2.67. The van der Waals surface area contributed by atoms with Crippen molar-refractivity contribution >= 4 is 5.69 Å². The van der Waals surface area contributed by atoms with Crippen molar-refractivity contribution in [1.82, 2.24) is 4.90 Å². The topological polar surface area (TPSA) is 15.3 Å². The van der Waals surface area contributed by atoms with Crippen molar-refractivity contribution in [1.29, 1.82) is 0 Å². The Hall–Kier alpha value is -1.02. The van der Waals surface area contributed by atoms with Gasteiger partial charge < -0.3 is 10.2 Å². The first-order valence-corrected chi connectivity index (χ1v) is 6.17. The largest absolute Gasteiger partial charge is 0.383 e. The van der Waals surface area contributed by atoms with Crippen molar-refractivity contribution in [3.8, 4) is 0 Å². The summed E-state index contributed by atoms with van der Waals surface area (Å²) in [4.78, 5) is 2.45. The molecular formula is C14H22N2. The molecule has 1 aromatic carbocycles. The van der Waals surface area contributed by atoms with Crippen LogP contribution in [0.3, 0.4) is 0 Å². The van der Waals surface area contributed by atoms with Gasteiger partial charge in [-0.05, 0) is 63.5 Å². The number of hydrogen-bond acceptors (Lipinski definition) is 2. The van der Waals surface area contributed by atoms with Gasteiger partial charge in [0.25, 0.3) is 0 Å². The van der Waals surface area contributed by atoms with Gasteiger partial charge in [0.15, 0.2) is 0 Å². The number of rotatable bonds is 3. The van der Waals surface area contributed by atoms with Crippen LogP contribution in [0.25, 0.3) is 0 Å². The van der Waals surface area contributed by atoms with Gasteiger partial charge in [0.1, 0.15) is 0 Å². The van der Waals surface area contributed by atoms with Crippen LogP contribution in [0.1, 0.15) is 24.0 Å². The lowest BCUT2D eigenvalue weighted by atomic mass is 10.1. The van der Waals surface area contributed by atoms with Gasteiger partial charge in [-0.25, -0.2) is 0 Å². The molecule has 1 aromatic rings. The monoisotopic (exact) mass is 218 g/mol. The molecule has 2 nitrogen and oxygen atoms in total. The number of nitrogens with zero attached hydrogens (tertiary/aromatic N) is 1. The van der Waals surface area contributed by atoms with E-state index in [4.69, 9.17) is 0 Å². The first kappa shape index (κ1) is 11.5. The molecule has 1 saturated heterocycles. The number of benzene rings is 1. The van der Waals surface area contributed by atoms with E-state index in [1.807, 2.05) is 0 Å². The van der Waals surface area contributed by atoms with Crippen LogP contribution in [0.2, 0.25) is 0 Å². The molecule has 0 saturated carbocycles. The lowest BCUT2D eigenvalue weighted by Crippen LogP contribution is -2.31. The van der Waals surface area contributed by atoms with Crippen molar-refractivity contribution < 1.29 is 0 Å². The Bertz CT molecular complexity index is 340. The van der Waals surface area contributed by atoms with Crippen LogP contribution in [-0.4, -0.2) is 31.1 Å². The summed E-state index contributed by atoms with van der Waals surface area (Å²) < 4.78 is 0. The average molecular weight is 218 g/mol. The van der Waals surface area contributed by atoms with E-state index in [1.165, 1.54) is 36.2 Å². The number of nitrogens with one attached hydrogen (secondary N) is 1. The molecule has 0 spiro atoms. The van der Waals surface area contributed by atoms with Gasteiger partial charge in [-0.15, -0.1) is 0 Å². The van der Waals surface area contributed by atoms with Crippen molar-refractivity contribution in [2.45, 2.75) is 32.7 Å². The molecule has 88 valence electrons. The summed E-state index contributed by atoms with van der Waals surface area (Å²) in [5.74, 6) is 0. The van der Waals surface area contributed by atoms with E-state index in [1.54, 1.807) is 0 Å². The van der Waals surface area contributed by atoms with E-state index >= 15 is 0 Å². The van der Waals surface area contributed by atoms with E-state index < -0.39 is 0 Å². The normalized spacial score (nSPS) is 21.3. The first-order valence-electron chi connectivity index (χ1n) is 6.17. The number of aryl methyl sites for hydroxylation is 2. The molecule has 0 aromatic heterocycles. The Morgan fingerprint density at radius 3 is 2.50 bits per heavy atom. The predicted molar refractivity (Wildman–Crippen MR) is 70.1 cm³/mol. The highest BCUT2D eigenvalue weighted by Gasteiger charge is 2.19. The maximum Gasteiger partial charge on any atom is 0.0346 e. The Balaban J connectivity index is 1.94. The van der Waals surface area contributed by atoms with Crippen LogP contribution in [0.4, 0.5) is 5.69 Å². The third kappa shape index (κ3) is 2.76. The zero-order chi connectivity index (χ0) is 11.5. The molecule has 1 aliphatic heterocycles. The minimum Gasteiger partial charge on any atom is -0.383 e. The Labute approximate surface area is 98.7 Å². The highest BCUT2D eigenvalue weighted by atomic mass is 15.2. The molecule has 0 radical (unpaired) electrons. The van der Waals surface area contributed by atoms with E-state index in [0.29, 0.717) is 6.04 Å². The molecule has 1 fully saturated rings. The molecule has 0 bridgehead atoms. The predicted octanol–water partition coefficient (Wildman–Crippen LogP) is 2.81. The fraction of sp³-hybridized carbons (Fsp3) is 0.571. The van der Waals surface area contributed by atoms with Crippen LogP contribution >= 0.6 is 0 Å². The highest BCUT2D eigenvalue weighted by Crippen LogP contribution is 2.17. The van der Waals surface area contributed by atoms with Gasteiger partial charge >= 0.3 is 0 Å². The third-order valence-electron chi connectivity index (χ3n) is 3.44. The Kier molecular flexibility index (Phi) is 3.49. The minimum atomic E-state index is 0.709. The summed E-state index contributed by atoms with van der Waals surface area (Å²) in [6, 6.07) is 7.37. The number of likely N-dealkylation sites (tertiary alicyclic amines) is 1. The van der Waals surface area contributed by atoms with E-state index in [0.717, 1.165) is 6.54 Å². The van der Waals surface area contributed by atoms with Gasteiger partial charge in [0.2, 0.25) is 0 Å². The summed E-state index contributed by atoms with van der Waals surface area (Å²) in [6.45, 7) is 6.62. The summed E-state index contributed by atoms with van der Waals surface area (Å²) >= 11 is 0. The van der Waals surface area contributed by atoms with Gasteiger partial charge in [-0.1, -0.05) is 6.07 Å². The quantitative estimate of drug-likeness (QED) is 0.839. The van der Waals surface area contributed by atoms with Crippen LogP contribution in [0.15, 0.2) is 18.2 Å². The minimum absolute atomic E-state index is 0.709. The molecule has 2 rings (SSSR count). The maximum atomic E-state index is 3.56. The second kappa shape index (κ2) is 4.88. The lowest BCUT2D eigenvalue weighted by Gasteiger charge is -2.20. The molecule has 0 aliphatic carbocycles. The first-order chi connectivity index (χ1) is 7.65. The number of likely N-dealkylation sites (N-methyl/N-ethyl adjacent to an activating group) is 1. The Morgan fingerprint density at radius 1 is 1.25 bits per heavy atom. The smallest absolute Gasteiger partial charge is 0.0346 e. The molecule has 1 atom stereocenters. The molecular weight excluding hydrogens is 196 g/mol. The summed E-state index contributed by atoms with van der Waals surface area (Å²) in [5, 5.41) is 3.56. The number of hydrogen-bond donors (Lipinski definition) is 1. The van der Waals surface area contributed by atoms with Crippen LogP contribution in [-0.2, 0) is 0 Å². The standard InChI is InChI=1S/C14H22N2/c1-11-7-12(2)9-13(8-11)15-10-14-5-4-6-16(14)3/h7-9,14-15H,4-6,10H2,1-3H3. The van der Waals surface area contributed by atoms with Gasteiger partial charge in [0.05, 0.1) is 0 Å². The average Bonchev–Trinajstić information content (AvgIpc) is 2.59. The fourth-order valence-corrected chi connectivity index (χ4v) is 2.55. The molecule has 1 aliphatic rings. The molecule has 2 heteroatoms. The van der Waals surface area contributed by atoms with Crippen LogP contribution < -0.4 is 5.32 Å². The fourth-order valence-electron chi connectivity index (χ4n) is 2.55. The molecule has 1 unspecified atom stereocenters.